The maximum absolute atomic E-state index is 6.55. The number of pyridine rings is 2. The van der Waals surface area contributed by atoms with E-state index in [4.69, 9.17) is 14.4 Å². The minimum Gasteiger partial charge on any atom is -0.486 e. The van der Waals surface area contributed by atoms with Crippen molar-refractivity contribution < 1.29 is 24.5 Å². The second-order valence-electron chi connectivity index (χ2n) is 17.8. The first-order valence-electron chi connectivity index (χ1n) is 21.3. The summed E-state index contributed by atoms with van der Waals surface area (Å²) in [5.74, 6) is 2.17. The summed E-state index contributed by atoms with van der Waals surface area (Å²) in [5, 5.41) is 3.49. The van der Waals surface area contributed by atoms with Gasteiger partial charge >= 0.3 is 0 Å². The molecule has 0 atom stereocenters. The zero-order chi connectivity index (χ0) is 42.1. The van der Waals surface area contributed by atoms with Crippen LogP contribution >= 0.6 is 0 Å². The predicted molar refractivity (Wildman–Crippen MR) is 254 cm³/mol. The first-order chi connectivity index (χ1) is 28.9. The molecular weight excluding hydrogens is 941 g/mol. The van der Waals surface area contributed by atoms with Crippen LogP contribution in [0.5, 0.6) is 0 Å². The number of rotatable bonds is 9. The van der Waals surface area contributed by atoms with Crippen molar-refractivity contribution in [2.45, 2.75) is 79.4 Å². The summed E-state index contributed by atoms with van der Waals surface area (Å²) >= 11 is 0. The van der Waals surface area contributed by atoms with E-state index in [1.165, 1.54) is 27.6 Å². The number of furan rings is 1. The molecule has 0 saturated heterocycles. The van der Waals surface area contributed by atoms with Crippen LogP contribution in [0.15, 0.2) is 138 Å². The Balaban J connectivity index is 0.000000226. The van der Waals surface area contributed by atoms with Gasteiger partial charge in [0.25, 0.3) is 0 Å². The van der Waals surface area contributed by atoms with Crippen LogP contribution in [0.25, 0.3) is 72.7 Å². The van der Waals surface area contributed by atoms with Gasteiger partial charge in [-0.3, -0.25) is 4.98 Å². The normalized spacial score (nSPS) is 11.7. The maximum Gasteiger partial charge on any atom is 0.216 e. The average molecular weight is 995 g/mol. The molecular formula is C54H54IrN4OSi-2. The van der Waals surface area contributed by atoms with E-state index in [1.54, 1.807) is 0 Å². The fourth-order valence-electron chi connectivity index (χ4n) is 8.23. The predicted octanol–water partition coefficient (Wildman–Crippen LogP) is 14.0. The molecule has 4 aromatic heterocycles. The second-order valence-corrected chi connectivity index (χ2v) is 22.9. The van der Waals surface area contributed by atoms with Crippen molar-refractivity contribution in [3.63, 3.8) is 0 Å². The molecule has 0 spiro atoms. The molecule has 311 valence electrons. The third kappa shape index (κ3) is 8.97. The molecule has 0 N–H and O–H groups in total. The van der Waals surface area contributed by atoms with E-state index in [1.807, 2.05) is 48.5 Å². The van der Waals surface area contributed by atoms with Gasteiger partial charge in [-0.15, -0.1) is 54.1 Å². The number of aromatic nitrogens is 4. The fraction of sp³-hybridized carbons (Fsp3) is 0.241. The Morgan fingerprint density at radius 3 is 2.05 bits per heavy atom. The van der Waals surface area contributed by atoms with Crippen LogP contribution in [-0.2, 0) is 26.5 Å². The van der Waals surface area contributed by atoms with E-state index in [9.17, 15) is 0 Å². The van der Waals surface area contributed by atoms with Gasteiger partial charge < -0.3 is 14.0 Å². The largest absolute Gasteiger partial charge is 0.486 e. The molecule has 9 rings (SSSR count). The van der Waals surface area contributed by atoms with Crippen LogP contribution < -0.4 is 5.19 Å². The van der Waals surface area contributed by atoms with E-state index in [0.29, 0.717) is 23.5 Å². The molecule has 5 aromatic carbocycles. The summed E-state index contributed by atoms with van der Waals surface area (Å²) in [6.45, 7) is 20.7. The number of imidazole rings is 1. The Bertz CT molecular complexity index is 2900. The van der Waals surface area contributed by atoms with Gasteiger partial charge in [-0.05, 0) is 70.4 Å². The second kappa shape index (κ2) is 18.3. The molecule has 0 amide bonds. The van der Waals surface area contributed by atoms with Crippen molar-refractivity contribution in [2.24, 2.45) is 5.92 Å². The van der Waals surface area contributed by atoms with Crippen LogP contribution in [-0.4, -0.2) is 27.6 Å². The first-order valence-corrected chi connectivity index (χ1v) is 24.8. The first kappa shape index (κ1) is 43.6. The minimum absolute atomic E-state index is 0. The monoisotopic (exact) mass is 995 g/mol. The van der Waals surface area contributed by atoms with Crippen LogP contribution in [0, 0.1) is 18.1 Å². The summed E-state index contributed by atoms with van der Waals surface area (Å²) in [4.78, 5) is 14.8. The molecule has 0 bridgehead atoms. The summed E-state index contributed by atoms with van der Waals surface area (Å²) in [5.41, 5.74) is 13.5. The van der Waals surface area contributed by atoms with Gasteiger partial charge in [0.05, 0.1) is 36.2 Å². The smallest absolute Gasteiger partial charge is 0.216 e. The number of benzene rings is 5. The van der Waals surface area contributed by atoms with Crippen LogP contribution in [0.4, 0.5) is 0 Å². The average Bonchev–Trinajstić information content (AvgIpc) is 3.82. The van der Waals surface area contributed by atoms with E-state index in [0.717, 1.165) is 67.7 Å². The van der Waals surface area contributed by atoms with Gasteiger partial charge in [-0.25, -0.2) is 4.98 Å². The zero-order valence-electron chi connectivity index (χ0n) is 36.7. The van der Waals surface area contributed by atoms with Gasteiger partial charge in [0.1, 0.15) is 0 Å². The molecule has 0 aliphatic carbocycles. The number of hydrogen-bond acceptors (Lipinski definition) is 4. The van der Waals surface area contributed by atoms with E-state index in [2.05, 4.69) is 168 Å². The summed E-state index contributed by atoms with van der Waals surface area (Å²) in [6.07, 6.45) is 3.24. The molecule has 9 aromatic rings. The van der Waals surface area contributed by atoms with Crippen LogP contribution in [0.3, 0.4) is 0 Å². The van der Waals surface area contributed by atoms with Gasteiger partial charge in [-0.2, -0.15) is 0 Å². The van der Waals surface area contributed by atoms with Crippen LogP contribution in [0.1, 0.15) is 70.1 Å². The van der Waals surface area contributed by atoms with Gasteiger partial charge in [0, 0.05) is 42.9 Å². The summed E-state index contributed by atoms with van der Waals surface area (Å²) < 4.78 is 8.87. The number of hydrogen-bond donors (Lipinski definition) is 0. The van der Waals surface area contributed by atoms with Crippen LogP contribution in [0.2, 0.25) is 19.6 Å². The van der Waals surface area contributed by atoms with Gasteiger partial charge in [0.2, 0.25) is 5.71 Å². The minimum atomic E-state index is -1.34. The Hall–Kier alpha value is -5.46. The van der Waals surface area contributed by atoms with E-state index in [-0.39, 0.29) is 20.1 Å². The molecule has 0 aliphatic rings. The van der Waals surface area contributed by atoms with Crippen molar-refractivity contribution in [2.75, 3.05) is 0 Å². The number of nitrogens with zero attached hydrogens (tertiary/aromatic N) is 4. The molecule has 1 radical (unpaired) electrons. The Kier molecular flexibility index (Phi) is 13.1. The molecule has 0 unspecified atom stereocenters. The Morgan fingerprint density at radius 2 is 1.38 bits per heavy atom. The molecule has 7 heteroatoms. The van der Waals surface area contributed by atoms with E-state index >= 15 is 0 Å². The molecule has 0 fully saturated rings. The number of para-hydroxylation sites is 3. The molecule has 0 saturated carbocycles. The molecule has 0 aliphatic heterocycles. The SMILES string of the molecule is CC(C)Cc1cc(-c2[c-]cccc2)ncc1[Si](C)(C)C.CC(C)c1cccc(C(C)C)c1-n1c(-c2[c-]ccc3c2oc2nc(-c4ccccc4)ccc23)nc2ccccc21.[Ir]. The fourth-order valence-corrected chi connectivity index (χ4v) is 9.82. The number of fused-ring (bicyclic) bond motifs is 4. The standard InChI is InChI=1S/C36H30N3O.C18H24NSi.Ir/c1-22(2)25-14-10-15-26(23(3)4)33(25)39-32-19-9-8-18-31(32)37-35(39)29-17-11-16-27-28-20-21-30(24-12-6-5-7-13-24)38-36(28)40-34(27)29;1-14(2)11-16-12-17(15-9-7-6-8-10-15)19-13-18(16)20(3,4)5;/h5-16,18-23H,1-4H3;6-9,12-14H,11H2,1-5H3;/q2*-1;. The molecule has 61 heavy (non-hydrogen) atoms. The summed E-state index contributed by atoms with van der Waals surface area (Å²) in [6, 6.07) is 50.5. The van der Waals surface area contributed by atoms with Crippen molar-refractivity contribution in [1.82, 2.24) is 19.5 Å². The maximum atomic E-state index is 6.55. The van der Waals surface area contributed by atoms with Crippen molar-refractivity contribution in [3.05, 3.63) is 162 Å². The Labute approximate surface area is 375 Å². The Morgan fingerprint density at radius 1 is 0.672 bits per heavy atom. The zero-order valence-corrected chi connectivity index (χ0v) is 40.1. The molecule has 4 heterocycles. The summed E-state index contributed by atoms with van der Waals surface area (Å²) in [7, 11) is -1.34. The van der Waals surface area contributed by atoms with Crippen molar-refractivity contribution >= 4 is 46.4 Å². The van der Waals surface area contributed by atoms with Crippen molar-refractivity contribution in [3.8, 4) is 39.6 Å². The molecule has 5 nitrogen and oxygen atoms in total. The van der Waals surface area contributed by atoms with E-state index < -0.39 is 8.07 Å². The third-order valence-corrected chi connectivity index (χ3v) is 13.2. The topological polar surface area (TPSA) is 56.7 Å². The van der Waals surface area contributed by atoms with Gasteiger partial charge in [-0.1, -0.05) is 144 Å². The third-order valence-electron chi connectivity index (χ3n) is 11.1. The quantitative estimate of drug-likeness (QED) is 0.107. The van der Waals surface area contributed by atoms with Crippen molar-refractivity contribution in [1.29, 1.82) is 0 Å². The van der Waals surface area contributed by atoms with Gasteiger partial charge in [0.15, 0.2) is 0 Å².